The summed E-state index contributed by atoms with van der Waals surface area (Å²) in [5, 5.41) is 5.32. The molecule has 0 bridgehead atoms. The number of primary amides is 1. The number of rotatable bonds is 38. The molecule has 0 aromatic heterocycles. The van der Waals surface area contributed by atoms with E-state index in [1.54, 1.807) is 38.1 Å². The zero-order chi connectivity index (χ0) is 41.1. The zero-order valence-corrected chi connectivity index (χ0v) is 33.9. The van der Waals surface area contributed by atoms with Gasteiger partial charge < -0.3 is 64.7 Å². The molecule has 0 aliphatic carbocycles. The summed E-state index contributed by atoms with van der Waals surface area (Å²) in [6.07, 6.45) is -0.531. The van der Waals surface area contributed by atoms with Crippen molar-refractivity contribution in [2.75, 3.05) is 124 Å². The molecule has 1 aromatic rings. The first-order chi connectivity index (χ1) is 27.2. The Morgan fingerprint density at radius 1 is 0.679 bits per heavy atom. The van der Waals surface area contributed by atoms with Gasteiger partial charge in [0.05, 0.1) is 112 Å². The number of carbonyl (C=O) groups excluding carboxylic acids is 4. The van der Waals surface area contributed by atoms with Crippen LogP contribution in [0.15, 0.2) is 24.3 Å². The minimum absolute atomic E-state index is 0.0537. The second-order valence-electron chi connectivity index (χ2n) is 12.7. The Bertz CT molecular complexity index is 1170. The van der Waals surface area contributed by atoms with Crippen molar-refractivity contribution >= 4 is 41.0 Å². The second-order valence-corrected chi connectivity index (χ2v) is 13.0. The van der Waals surface area contributed by atoms with E-state index in [4.69, 9.17) is 65.7 Å². The zero-order valence-electron chi connectivity index (χ0n) is 33.1. The molecule has 0 heterocycles. The Hall–Kier alpha value is -2.97. The van der Waals surface area contributed by atoms with E-state index in [1.807, 2.05) is 0 Å². The molecule has 322 valence electrons. The summed E-state index contributed by atoms with van der Waals surface area (Å²) in [5.74, 6) is -2.04. The molecule has 0 aliphatic heterocycles. The third-order valence-electron chi connectivity index (χ3n) is 7.72. The molecular formula is C38H65ClN4O13. The van der Waals surface area contributed by atoms with E-state index in [0.717, 1.165) is 5.56 Å². The SMILES string of the molecule is CC(C)[C@H](OC(=O)CCOCCOCCOCCOCCOCCOCCOCCOCCN)C(=O)C[C@@H](CCCNC(N)=O)C(=O)Nc1ccc(CCl)cc1. The van der Waals surface area contributed by atoms with E-state index in [1.165, 1.54) is 0 Å². The largest absolute Gasteiger partial charge is 0.454 e. The molecule has 0 saturated carbocycles. The number of benzene rings is 1. The lowest BCUT2D eigenvalue weighted by Crippen LogP contribution is -2.36. The summed E-state index contributed by atoms with van der Waals surface area (Å²) < 4.78 is 48.9. The van der Waals surface area contributed by atoms with Gasteiger partial charge in [-0.1, -0.05) is 26.0 Å². The van der Waals surface area contributed by atoms with Crippen molar-refractivity contribution in [3.05, 3.63) is 29.8 Å². The number of Topliss-reactive ketones (excluding diaryl/α,β-unsaturated/α-hetero) is 1. The van der Waals surface area contributed by atoms with Gasteiger partial charge in [-0.05, 0) is 36.5 Å². The predicted octanol–water partition coefficient (Wildman–Crippen LogP) is 2.44. The number of hydrogen-bond acceptors (Lipinski definition) is 14. The summed E-state index contributed by atoms with van der Waals surface area (Å²) in [4.78, 5) is 50.3. The number of carbonyl (C=O) groups is 4. The Kier molecular flexibility index (Phi) is 32.1. The van der Waals surface area contributed by atoms with Crippen LogP contribution in [0.4, 0.5) is 10.5 Å². The highest BCUT2D eigenvalue weighted by Crippen LogP contribution is 2.21. The number of ketones is 1. The number of alkyl halides is 1. The lowest BCUT2D eigenvalue weighted by molar-refractivity contribution is -0.159. The summed E-state index contributed by atoms with van der Waals surface area (Å²) in [6, 6.07) is 6.37. The van der Waals surface area contributed by atoms with Crippen LogP contribution in [-0.2, 0) is 62.9 Å². The van der Waals surface area contributed by atoms with Crippen LogP contribution in [0.5, 0.6) is 0 Å². The summed E-state index contributed by atoms with van der Waals surface area (Å²) in [5.41, 5.74) is 11.9. The molecule has 56 heavy (non-hydrogen) atoms. The highest BCUT2D eigenvalue weighted by Gasteiger charge is 2.31. The quantitative estimate of drug-likeness (QED) is 0.0427. The van der Waals surface area contributed by atoms with E-state index in [0.29, 0.717) is 123 Å². The first-order valence-corrected chi connectivity index (χ1v) is 19.7. The van der Waals surface area contributed by atoms with Crippen molar-refractivity contribution in [2.45, 2.75) is 51.5 Å². The van der Waals surface area contributed by atoms with Crippen LogP contribution < -0.4 is 22.1 Å². The van der Waals surface area contributed by atoms with Crippen molar-refractivity contribution in [2.24, 2.45) is 23.3 Å². The molecule has 0 spiro atoms. The van der Waals surface area contributed by atoms with Gasteiger partial charge in [0, 0.05) is 37.0 Å². The Balaban J connectivity index is 2.16. The molecule has 6 N–H and O–H groups in total. The monoisotopic (exact) mass is 820 g/mol. The van der Waals surface area contributed by atoms with Gasteiger partial charge in [-0.2, -0.15) is 0 Å². The molecule has 18 heteroatoms. The smallest absolute Gasteiger partial charge is 0.312 e. The van der Waals surface area contributed by atoms with Gasteiger partial charge in [0.25, 0.3) is 0 Å². The first-order valence-electron chi connectivity index (χ1n) is 19.2. The maximum absolute atomic E-state index is 13.4. The van der Waals surface area contributed by atoms with Gasteiger partial charge >= 0.3 is 12.0 Å². The molecular weight excluding hydrogens is 756 g/mol. The number of ether oxygens (including phenoxy) is 9. The van der Waals surface area contributed by atoms with Crippen molar-refractivity contribution < 1.29 is 61.8 Å². The van der Waals surface area contributed by atoms with Gasteiger partial charge in [0.1, 0.15) is 0 Å². The lowest BCUT2D eigenvalue weighted by atomic mass is 9.90. The van der Waals surface area contributed by atoms with E-state index in [2.05, 4.69) is 10.6 Å². The van der Waals surface area contributed by atoms with Crippen LogP contribution in [0, 0.1) is 11.8 Å². The fourth-order valence-electron chi connectivity index (χ4n) is 4.82. The molecule has 3 amide bonds. The molecule has 0 saturated heterocycles. The number of esters is 1. The molecule has 0 radical (unpaired) electrons. The minimum Gasteiger partial charge on any atom is -0.454 e. The molecule has 1 aromatic carbocycles. The summed E-state index contributed by atoms with van der Waals surface area (Å²) in [7, 11) is 0. The Morgan fingerprint density at radius 3 is 1.54 bits per heavy atom. The van der Waals surface area contributed by atoms with Gasteiger partial charge in [-0.15, -0.1) is 11.6 Å². The van der Waals surface area contributed by atoms with E-state index >= 15 is 0 Å². The summed E-state index contributed by atoms with van der Waals surface area (Å²) >= 11 is 5.86. The summed E-state index contributed by atoms with van der Waals surface area (Å²) in [6.45, 7) is 11.0. The fourth-order valence-corrected chi connectivity index (χ4v) is 5.00. The van der Waals surface area contributed by atoms with Crippen LogP contribution in [0.2, 0.25) is 0 Å². The number of nitrogens with two attached hydrogens (primary N) is 2. The minimum atomic E-state index is -1.04. The number of halogens is 1. The lowest BCUT2D eigenvalue weighted by Gasteiger charge is -2.23. The maximum Gasteiger partial charge on any atom is 0.312 e. The number of nitrogens with one attached hydrogen (secondary N) is 2. The molecule has 1 rings (SSSR count). The molecule has 2 atom stereocenters. The molecule has 0 fully saturated rings. The maximum atomic E-state index is 13.4. The fraction of sp³-hybridized carbons (Fsp3) is 0.737. The predicted molar refractivity (Wildman–Crippen MR) is 210 cm³/mol. The van der Waals surface area contributed by atoms with Crippen molar-refractivity contribution in [3.63, 3.8) is 0 Å². The van der Waals surface area contributed by atoms with E-state index < -0.39 is 24.0 Å². The topological polar surface area (TPSA) is 227 Å². The molecule has 0 unspecified atom stereocenters. The van der Waals surface area contributed by atoms with Crippen molar-refractivity contribution in [1.82, 2.24) is 5.32 Å². The average molecular weight is 821 g/mol. The van der Waals surface area contributed by atoms with Gasteiger partial charge in [0.15, 0.2) is 11.9 Å². The number of urea groups is 1. The van der Waals surface area contributed by atoms with Crippen molar-refractivity contribution in [1.29, 1.82) is 0 Å². The number of hydrogen-bond donors (Lipinski definition) is 4. The number of amides is 3. The van der Waals surface area contributed by atoms with Crippen LogP contribution in [0.1, 0.15) is 45.1 Å². The molecule has 0 aliphatic rings. The van der Waals surface area contributed by atoms with Crippen LogP contribution >= 0.6 is 11.6 Å². The van der Waals surface area contributed by atoms with Crippen molar-refractivity contribution in [3.8, 4) is 0 Å². The van der Waals surface area contributed by atoms with E-state index in [-0.39, 0.29) is 50.2 Å². The van der Waals surface area contributed by atoms with Gasteiger partial charge in [-0.3, -0.25) is 14.4 Å². The van der Waals surface area contributed by atoms with Gasteiger partial charge in [0.2, 0.25) is 5.91 Å². The van der Waals surface area contributed by atoms with Crippen LogP contribution in [0.3, 0.4) is 0 Å². The second kappa shape index (κ2) is 35.2. The molecule has 17 nitrogen and oxygen atoms in total. The van der Waals surface area contributed by atoms with E-state index in [9.17, 15) is 19.2 Å². The van der Waals surface area contributed by atoms with Crippen LogP contribution in [-0.4, -0.2) is 149 Å². The third-order valence-corrected chi connectivity index (χ3v) is 8.03. The standard InChI is InChI=1S/C38H65ClN4O13/c1-30(2)36(34(44)28-32(4-3-11-42-38(41)47)37(46)43-33-7-5-31(29-39)6-8-33)56-35(45)9-12-48-14-16-50-18-20-52-22-24-54-26-27-55-25-23-53-21-19-51-17-15-49-13-10-40/h5-8,30,32,36H,3-4,9-29,40H2,1-2H3,(H,43,46)(H3,41,42,47)/t32-,36+/m1/s1. The third kappa shape index (κ3) is 28.4. The average Bonchev–Trinajstić information content (AvgIpc) is 3.18. The Labute approximate surface area is 336 Å². The Morgan fingerprint density at radius 2 is 1.12 bits per heavy atom. The van der Waals surface area contributed by atoms with Crippen LogP contribution in [0.25, 0.3) is 0 Å². The highest BCUT2D eigenvalue weighted by molar-refractivity contribution is 6.17. The normalized spacial score (nSPS) is 12.4. The first kappa shape index (κ1) is 51.0. The number of anilines is 1. The van der Waals surface area contributed by atoms with Gasteiger partial charge in [-0.25, -0.2) is 4.79 Å². The highest BCUT2D eigenvalue weighted by atomic mass is 35.5.